The van der Waals surface area contributed by atoms with E-state index in [4.69, 9.17) is 28.3 Å². The first kappa shape index (κ1) is 11.5. The Kier molecular flexibility index (Phi) is 7.56. The summed E-state index contributed by atoms with van der Waals surface area (Å²) in [5.41, 5.74) is 0. The summed E-state index contributed by atoms with van der Waals surface area (Å²) in [6.07, 6.45) is 6.48. The Bertz CT molecular complexity index is 80.2. The molecular formula is C8H16Cl2O. The van der Waals surface area contributed by atoms with Crippen molar-refractivity contribution in [1.29, 1.82) is 0 Å². The van der Waals surface area contributed by atoms with E-state index in [0.717, 1.165) is 7.11 Å². The van der Waals surface area contributed by atoms with Crippen molar-refractivity contribution in [3.05, 3.63) is 0 Å². The molecule has 1 fully saturated rings. The van der Waals surface area contributed by atoms with Crippen LogP contribution in [-0.2, 0) is 0 Å². The molecule has 0 amide bonds. The molecule has 0 radical (unpaired) electrons. The van der Waals surface area contributed by atoms with Gasteiger partial charge < -0.3 is 5.11 Å². The first-order valence-corrected chi connectivity index (χ1v) is 4.91. The minimum Gasteiger partial charge on any atom is -0.400 e. The number of rotatable bonds is 1. The third-order valence-electron chi connectivity index (χ3n) is 2.01. The highest BCUT2D eigenvalue weighted by Crippen LogP contribution is 2.30. The second-order valence-electron chi connectivity index (χ2n) is 2.73. The zero-order chi connectivity index (χ0) is 8.69. The van der Waals surface area contributed by atoms with Crippen LogP contribution in [0.5, 0.6) is 0 Å². The number of alkyl halides is 2. The SMILES string of the molecule is CO.ClC(Cl)C1CCCCC1. The zero-order valence-electron chi connectivity index (χ0n) is 6.89. The van der Waals surface area contributed by atoms with E-state index in [0.29, 0.717) is 5.92 Å². The Labute approximate surface area is 78.7 Å². The molecule has 3 heteroatoms. The molecule has 0 aromatic rings. The van der Waals surface area contributed by atoms with Gasteiger partial charge >= 0.3 is 0 Å². The van der Waals surface area contributed by atoms with Gasteiger partial charge in [-0.3, -0.25) is 0 Å². The van der Waals surface area contributed by atoms with Gasteiger partial charge in [-0.2, -0.15) is 0 Å². The molecule has 1 aliphatic rings. The standard InChI is InChI=1S/C7H12Cl2.CH4O/c8-7(9)6-4-2-1-3-5-6;1-2/h6-7H,1-5H2;2H,1H3. The van der Waals surface area contributed by atoms with Crippen molar-refractivity contribution < 1.29 is 5.11 Å². The van der Waals surface area contributed by atoms with Crippen LogP contribution in [0, 0.1) is 5.92 Å². The van der Waals surface area contributed by atoms with Crippen LogP contribution in [0.1, 0.15) is 32.1 Å². The van der Waals surface area contributed by atoms with Crippen molar-refractivity contribution in [2.24, 2.45) is 5.92 Å². The van der Waals surface area contributed by atoms with Crippen LogP contribution in [0.4, 0.5) is 0 Å². The lowest BCUT2D eigenvalue weighted by Gasteiger charge is -2.21. The second kappa shape index (κ2) is 7.20. The van der Waals surface area contributed by atoms with Crippen molar-refractivity contribution in [2.75, 3.05) is 7.11 Å². The number of aliphatic hydroxyl groups excluding tert-OH is 1. The van der Waals surface area contributed by atoms with Gasteiger partial charge in [-0.25, -0.2) is 0 Å². The maximum atomic E-state index is 7.00. The van der Waals surface area contributed by atoms with E-state index < -0.39 is 0 Å². The fraction of sp³-hybridized carbons (Fsp3) is 1.00. The summed E-state index contributed by atoms with van der Waals surface area (Å²) in [5, 5.41) is 7.00. The van der Waals surface area contributed by atoms with Crippen LogP contribution in [0.15, 0.2) is 0 Å². The molecule has 11 heavy (non-hydrogen) atoms. The minimum atomic E-state index is -0.120. The first-order valence-electron chi connectivity index (χ1n) is 4.03. The monoisotopic (exact) mass is 198 g/mol. The predicted molar refractivity (Wildman–Crippen MR) is 50.2 cm³/mol. The van der Waals surface area contributed by atoms with Crippen molar-refractivity contribution in [2.45, 2.75) is 36.9 Å². The summed E-state index contributed by atoms with van der Waals surface area (Å²) >= 11 is 11.4. The van der Waals surface area contributed by atoms with Crippen LogP contribution in [-0.4, -0.2) is 17.1 Å². The van der Waals surface area contributed by atoms with E-state index in [2.05, 4.69) is 0 Å². The molecule has 0 saturated heterocycles. The lowest BCUT2D eigenvalue weighted by Crippen LogP contribution is -2.12. The Morgan fingerprint density at radius 1 is 1.09 bits per heavy atom. The topological polar surface area (TPSA) is 20.2 Å². The maximum absolute atomic E-state index is 7.00. The zero-order valence-corrected chi connectivity index (χ0v) is 8.41. The van der Waals surface area contributed by atoms with E-state index in [1.54, 1.807) is 0 Å². The van der Waals surface area contributed by atoms with Crippen LogP contribution in [0.25, 0.3) is 0 Å². The molecule has 1 aliphatic carbocycles. The molecule has 0 spiro atoms. The molecule has 0 aromatic heterocycles. The highest BCUT2D eigenvalue weighted by molar-refractivity contribution is 6.44. The number of hydrogen-bond acceptors (Lipinski definition) is 1. The van der Waals surface area contributed by atoms with Gasteiger partial charge in [0.1, 0.15) is 4.84 Å². The average Bonchev–Trinajstić information content (AvgIpc) is 2.10. The smallest absolute Gasteiger partial charge is 0.110 e. The van der Waals surface area contributed by atoms with Crippen molar-refractivity contribution in [3.63, 3.8) is 0 Å². The minimum absolute atomic E-state index is 0.120. The predicted octanol–water partition coefficient (Wildman–Crippen LogP) is 2.98. The summed E-state index contributed by atoms with van der Waals surface area (Å²) in [6.45, 7) is 0. The van der Waals surface area contributed by atoms with Gasteiger partial charge in [0, 0.05) is 7.11 Å². The molecule has 0 bridgehead atoms. The molecule has 0 heterocycles. The highest BCUT2D eigenvalue weighted by atomic mass is 35.5. The number of aliphatic hydroxyl groups is 1. The molecule has 1 saturated carbocycles. The Hall–Kier alpha value is 0.540. The molecule has 0 unspecified atom stereocenters. The summed E-state index contributed by atoms with van der Waals surface area (Å²) in [4.78, 5) is -0.120. The fourth-order valence-corrected chi connectivity index (χ4v) is 1.89. The van der Waals surface area contributed by atoms with Crippen LogP contribution in [0.2, 0.25) is 0 Å². The van der Waals surface area contributed by atoms with E-state index in [-0.39, 0.29) is 4.84 Å². The van der Waals surface area contributed by atoms with Crippen molar-refractivity contribution >= 4 is 23.2 Å². The van der Waals surface area contributed by atoms with Gasteiger partial charge in [0.05, 0.1) is 0 Å². The van der Waals surface area contributed by atoms with Gasteiger partial charge in [-0.15, -0.1) is 23.2 Å². The third-order valence-corrected chi connectivity index (χ3v) is 2.72. The van der Waals surface area contributed by atoms with Crippen LogP contribution < -0.4 is 0 Å². The summed E-state index contributed by atoms with van der Waals surface area (Å²) in [5.74, 6) is 0.585. The van der Waals surface area contributed by atoms with Crippen LogP contribution in [0.3, 0.4) is 0 Å². The highest BCUT2D eigenvalue weighted by Gasteiger charge is 2.18. The van der Waals surface area contributed by atoms with E-state index >= 15 is 0 Å². The third kappa shape index (κ3) is 4.89. The van der Waals surface area contributed by atoms with Gasteiger partial charge in [-0.1, -0.05) is 19.3 Å². The lowest BCUT2D eigenvalue weighted by molar-refractivity contribution is 0.376. The molecule has 1 nitrogen and oxygen atoms in total. The largest absolute Gasteiger partial charge is 0.400 e. The number of hydrogen-bond donors (Lipinski definition) is 1. The fourth-order valence-electron chi connectivity index (χ4n) is 1.39. The quantitative estimate of drug-likeness (QED) is 0.643. The van der Waals surface area contributed by atoms with E-state index in [1.165, 1.54) is 32.1 Å². The normalized spacial score (nSPS) is 19.4. The molecular weight excluding hydrogens is 183 g/mol. The molecule has 0 aromatic carbocycles. The lowest BCUT2D eigenvalue weighted by atomic mass is 9.91. The molecule has 0 atom stereocenters. The van der Waals surface area contributed by atoms with Gasteiger partial charge in [-0.05, 0) is 18.8 Å². The first-order chi connectivity index (χ1) is 5.30. The molecule has 1 N–H and O–H groups in total. The Morgan fingerprint density at radius 3 is 1.82 bits per heavy atom. The average molecular weight is 199 g/mol. The summed E-state index contributed by atoms with van der Waals surface area (Å²) < 4.78 is 0. The summed E-state index contributed by atoms with van der Waals surface area (Å²) in [7, 11) is 1.00. The van der Waals surface area contributed by atoms with Gasteiger partial charge in [0.2, 0.25) is 0 Å². The van der Waals surface area contributed by atoms with Crippen molar-refractivity contribution in [3.8, 4) is 0 Å². The molecule has 68 valence electrons. The van der Waals surface area contributed by atoms with E-state index in [1.807, 2.05) is 0 Å². The van der Waals surface area contributed by atoms with Gasteiger partial charge in [0.25, 0.3) is 0 Å². The Morgan fingerprint density at radius 2 is 1.55 bits per heavy atom. The number of halogens is 2. The van der Waals surface area contributed by atoms with Gasteiger partial charge in [0.15, 0.2) is 0 Å². The second-order valence-corrected chi connectivity index (χ2v) is 3.90. The maximum Gasteiger partial charge on any atom is 0.110 e. The van der Waals surface area contributed by atoms with E-state index in [9.17, 15) is 0 Å². The molecule has 0 aliphatic heterocycles. The Balaban J connectivity index is 0.000000461. The molecule has 1 rings (SSSR count). The summed E-state index contributed by atoms with van der Waals surface area (Å²) in [6, 6.07) is 0. The van der Waals surface area contributed by atoms with Crippen molar-refractivity contribution in [1.82, 2.24) is 0 Å². The van der Waals surface area contributed by atoms with Crippen LogP contribution >= 0.6 is 23.2 Å².